The minimum Gasteiger partial charge on any atom is -0.326 e. The van der Waals surface area contributed by atoms with E-state index in [1.807, 2.05) is 37.3 Å². The van der Waals surface area contributed by atoms with Crippen molar-refractivity contribution in [2.45, 2.75) is 18.2 Å². The molecule has 3 aromatic carbocycles. The van der Waals surface area contributed by atoms with Crippen LogP contribution in [0.25, 0.3) is 16.8 Å². The quantitative estimate of drug-likeness (QED) is 0.428. The summed E-state index contributed by atoms with van der Waals surface area (Å²) >= 11 is 6.12. The predicted molar refractivity (Wildman–Crippen MR) is 129 cm³/mol. The first kappa shape index (κ1) is 22.7. The molecule has 0 radical (unpaired) electrons. The van der Waals surface area contributed by atoms with E-state index in [2.05, 4.69) is 10.4 Å². The number of amides is 1. The maximum Gasteiger partial charge on any atom is 0.238 e. The van der Waals surface area contributed by atoms with Gasteiger partial charge in [0, 0.05) is 27.5 Å². The Morgan fingerprint density at radius 1 is 1.03 bits per heavy atom. The Hall–Kier alpha value is -3.46. The number of anilines is 1. The summed E-state index contributed by atoms with van der Waals surface area (Å²) in [5, 5.41) is 13.1. The molecule has 4 aromatic rings. The fourth-order valence-electron chi connectivity index (χ4n) is 3.58. The Balaban J connectivity index is 1.67. The summed E-state index contributed by atoms with van der Waals surface area (Å²) in [7, 11) is -4.09. The molecule has 0 spiro atoms. The molecule has 0 fully saturated rings. The van der Waals surface area contributed by atoms with Crippen molar-refractivity contribution in [1.29, 1.82) is 0 Å². The number of para-hydroxylation sites is 1. The highest BCUT2D eigenvalue weighted by Crippen LogP contribution is 2.32. The normalized spacial score (nSPS) is 11.4. The summed E-state index contributed by atoms with van der Waals surface area (Å²) in [5.41, 5.74) is 3.61. The standard InChI is InChI=1S/C24H21ClN4O3S/c1-16-21(15-27-29(16)19-8-3-2-4-9-19)20-12-11-18(14-23(20)33(26,31)32)28-24(30)13-17-7-5-6-10-22(17)25/h2-12,14-15H,13H2,1H3,(H,28,30)(H2,26,31,32). The molecule has 3 N–H and O–H groups in total. The van der Waals surface area contributed by atoms with Crippen LogP contribution in [0, 0.1) is 6.92 Å². The summed E-state index contributed by atoms with van der Waals surface area (Å²) < 4.78 is 26.5. The van der Waals surface area contributed by atoms with Gasteiger partial charge >= 0.3 is 0 Å². The largest absolute Gasteiger partial charge is 0.326 e. The van der Waals surface area contributed by atoms with Gasteiger partial charge in [-0.05, 0) is 42.8 Å². The molecular formula is C24H21ClN4O3S. The Morgan fingerprint density at radius 3 is 2.42 bits per heavy atom. The van der Waals surface area contributed by atoms with Gasteiger partial charge in [-0.2, -0.15) is 5.10 Å². The first-order chi connectivity index (χ1) is 15.7. The third-order valence-electron chi connectivity index (χ3n) is 5.18. The zero-order valence-electron chi connectivity index (χ0n) is 17.7. The second kappa shape index (κ2) is 9.19. The molecule has 1 amide bonds. The number of hydrogen-bond donors (Lipinski definition) is 2. The molecule has 4 rings (SSSR count). The first-order valence-corrected chi connectivity index (χ1v) is 12.0. The molecule has 0 bridgehead atoms. The molecule has 33 heavy (non-hydrogen) atoms. The summed E-state index contributed by atoms with van der Waals surface area (Å²) in [6.45, 7) is 1.85. The monoisotopic (exact) mass is 480 g/mol. The zero-order valence-corrected chi connectivity index (χ0v) is 19.3. The van der Waals surface area contributed by atoms with Gasteiger partial charge in [0.1, 0.15) is 0 Å². The number of nitrogens with two attached hydrogens (primary N) is 1. The summed E-state index contributed by atoms with van der Waals surface area (Å²) in [6.07, 6.45) is 1.65. The van der Waals surface area contributed by atoms with Crippen LogP contribution in [0.4, 0.5) is 5.69 Å². The lowest BCUT2D eigenvalue weighted by atomic mass is 10.1. The van der Waals surface area contributed by atoms with Crippen molar-refractivity contribution in [1.82, 2.24) is 9.78 Å². The molecule has 168 valence electrons. The molecule has 0 aliphatic rings. The number of halogens is 1. The molecule has 0 saturated carbocycles. The number of rotatable bonds is 6. The van der Waals surface area contributed by atoms with Crippen molar-refractivity contribution in [3.05, 3.63) is 95.3 Å². The van der Waals surface area contributed by atoms with E-state index in [9.17, 15) is 13.2 Å². The van der Waals surface area contributed by atoms with Crippen LogP contribution in [0.15, 0.2) is 83.9 Å². The van der Waals surface area contributed by atoms with Crippen molar-refractivity contribution in [3.8, 4) is 16.8 Å². The lowest BCUT2D eigenvalue weighted by Gasteiger charge is -2.12. The number of nitrogens with one attached hydrogen (secondary N) is 1. The number of aromatic nitrogens is 2. The molecule has 0 unspecified atom stereocenters. The smallest absolute Gasteiger partial charge is 0.238 e. The first-order valence-electron chi connectivity index (χ1n) is 10.0. The number of carbonyl (C=O) groups is 1. The van der Waals surface area contributed by atoms with Crippen LogP contribution < -0.4 is 10.5 Å². The van der Waals surface area contributed by atoms with Crippen LogP contribution in [0.1, 0.15) is 11.3 Å². The second-order valence-corrected chi connectivity index (χ2v) is 9.40. The van der Waals surface area contributed by atoms with Crippen LogP contribution in [0.2, 0.25) is 5.02 Å². The van der Waals surface area contributed by atoms with Crippen LogP contribution in [0.5, 0.6) is 0 Å². The highest BCUT2D eigenvalue weighted by molar-refractivity contribution is 7.89. The van der Waals surface area contributed by atoms with Gasteiger partial charge in [0.15, 0.2) is 0 Å². The number of carbonyl (C=O) groups excluding carboxylic acids is 1. The van der Waals surface area contributed by atoms with Crippen LogP contribution >= 0.6 is 11.6 Å². The molecule has 0 saturated heterocycles. The maximum absolute atomic E-state index is 12.5. The third-order valence-corrected chi connectivity index (χ3v) is 6.50. The molecule has 0 atom stereocenters. The summed E-state index contributed by atoms with van der Waals surface area (Å²) in [6, 6.07) is 21.1. The Kier molecular flexibility index (Phi) is 6.33. The van der Waals surface area contributed by atoms with Gasteiger partial charge in [0.05, 0.1) is 23.2 Å². The van der Waals surface area contributed by atoms with Crippen molar-refractivity contribution >= 4 is 33.2 Å². The van der Waals surface area contributed by atoms with E-state index in [0.717, 1.165) is 11.4 Å². The number of sulfonamides is 1. The number of hydrogen-bond acceptors (Lipinski definition) is 4. The Labute approximate surface area is 196 Å². The van der Waals surface area contributed by atoms with Crippen molar-refractivity contribution in [3.63, 3.8) is 0 Å². The number of benzene rings is 3. The molecule has 7 nitrogen and oxygen atoms in total. The van der Waals surface area contributed by atoms with Gasteiger partial charge in [-0.25, -0.2) is 18.2 Å². The van der Waals surface area contributed by atoms with E-state index in [0.29, 0.717) is 27.4 Å². The summed E-state index contributed by atoms with van der Waals surface area (Å²) in [4.78, 5) is 12.4. The Bertz CT molecular complexity index is 1430. The second-order valence-electron chi connectivity index (χ2n) is 7.46. The average Bonchev–Trinajstić information content (AvgIpc) is 3.16. The van der Waals surface area contributed by atoms with E-state index < -0.39 is 10.0 Å². The molecule has 0 aliphatic carbocycles. The molecule has 1 aromatic heterocycles. The number of primary sulfonamides is 1. The molecule has 1 heterocycles. The van der Waals surface area contributed by atoms with E-state index in [-0.39, 0.29) is 17.2 Å². The number of nitrogens with zero attached hydrogens (tertiary/aromatic N) is 2. The van der Waals surface area contributed by atoms with Crippen molar-refractivity contribution in [2.75, 3.05) is 5.32 Å². The maximum atomic E-state index is 12.5. The van der Waals surface area contributed by atoms with E-state index in [4.69, 9.17) is 16.7 Å². The van der Waals surface area contributed by atoms with E-state index >= 15 is 0 Å². The van der Waals surface area contributed by atoms with Gasteiger partial charge in [-0.1, -0.05) is 54.1 Å². The fourth-order valence-corrected chi connectivity index (χ4v) is 4.56. The van der Waals surface area contributed by atoms with Crippen LogP contribution in [-0.2, 0) is 21.2 Å². The minimum atomic E-state index is -4.09. The van der Waals surface area contributed by atoms with Gasteiger partial charge in [0.25, 0.3) is 0 Å². The van der Waals surface area contributed by atoms with E-state index in [1.165, 1.54) is 6.07 Å². The van der Waals surface area contributed by atoms with Crippen LogP contribution in [0.3, 0.4) is 0 Å². The van der Waals surface area contributed by atoms with Crippen molar-refractivity contribution in [2.24, 2.45) is 5.14 Å². The van der Waals surface area contributed by atoms with Gasteiger partial charge < -0.3 is 5.32 Å². The predicted octanol–water partition coefficient (Wildman–Crippen LogP) is 4.33. The topological polar surface area (TPSA) is 107 Å². The van der Waals surface area contributed by atoms with Gasteiger partial charge in [-0.15, -0.1) is 0 Å². The fraction of sp³-hybridized carbons (Fsp3) is 0.0833. The van der Waals surface area contributed by atoms with Crippen molar-refractivity contribution < 1.29 is 13.2 Å². The summed E-state index contributed by atoms with van der Waals surface area (Å²) in [5.74, 6) is -0.329. The average molecular weight is 481 g/mol. The lowest BCUT2D eigenvalue weighted by molar-refractivity contribution is -0.115. The minimum absolute atomic E-state index is 0.0507. The van der Waals surface area contributed by atoms with Gasteiger partial charge in [-0.3, -0.25) is 4.79 Å². The molecule has 9 heteroatoms. The zero-order chi connectivity index (χ0) is 23.6. The van der Waals surface area contributed by atoms with Gasteiger partial charge in [0.2, 0.25) is 15.9 Å². The lowest BCUT2D eigenvalue weighted by Crippen LogP contribution is -2.17. The van der Waals surface area contributed by atoms with E-state index in [1.54, 1.807) is 47.3 Å². The highest BCUT2D eigenvalue weighted by Gasteiger charge is 2.20. The highest BCUT2D eigenvalue weighted by atomic mass is 35.5. The SMILES string of the molecule is Cc1c(-c2ccc(NC(=O)Cc3ccccc3Cl)cc2S(N)(=O)=O)cnn1-c1ccccc1. The Morgan fingerprint density at radius 2 is 1.73 bits per heavy atom. The van der Waals surface area contributed by atoms with Crippen LogP contribution in [-0.4, -0.2) is 24.1 Å². The molecule has 0 aliphatic heterocycles. The molecular weight excluding hydrogens is 460 g/mol. The third kappa shape index (κ3) is 4.98.